The molecule has 0 bridgehead atoms. The summed E-state index contributed by atoms with van der Waals surface area (Å²) in [6.45, 7) is 8.20. The van der Waals surface area contributed by atoms with Crippen molar-refractivity contribution >= 4 is 12.4 Å². The van der Waals surface area contributed by atoms with Crippen LogP contribution >= 0.6 is 12.4 Å². The first-order valence-corrected chi connectivity index (χ1v) is 6.66. The Kier molecular flexibility index (Phi) is 6.63. The van der Waals surface area contributed by atoms with Gasteiger partial charge < -0.3 is 9.47 Å². The predicted molar refractivity (Wildman–Crippen MR) is 80.5 cm³/mol. The standard InChI is InChI=1S/C15H23NO2.ClH/c1-12-4-5-15(17-3)14(10-12)11-13(2)16-6-8-18-9-7-16;/h4-5,10,13H,6-9,11H2,1-3H3;1H. The molecule has 0 saturated carbocycles. The number of hydrogen-bond donors (Lipinski definition) is 0. The lowest BCUT2D eigenvalue weighted by atomic mass is 10.0. The quantitative estimate of drug-likeness (QED) is 0.849. The smallest absolute Gasteiger partial charge is 0.122 e. The van der Waals surface area contributed by atoms with Gasteiger partial charge in [0, 0.05) is 19.1 Å². The molecule has 4 heteroatoms. The fourth-order valence-corrected chi connectivity index (χ4v) is 2.53. The third-order valence-electron chi connectivity index (χ3n) is 3.62. The van der Waals surface area contributed by atoms with Gasteiger partial charge in [0.2, 0.25) is 0 Å². The summed E-state index contributed by atoms with van der Waals surface area (Å²) < 4.78 is 10.8. The minimum Gasteiger partial charge on any atom is -0.496 e. The van der Waals surface area contributed by atoms with Crippen molar-refractivity contribution in [2.75, 3.05) is 33.4 Å². The number of ether oxygens (including phenoxy) is 2. The summed E-state index contributed by atoms with van der Waals surface area (Å²) in [6.07, 6.45) is 1.03. The molecular formula is C15H24ClNO2. The van der Waals surface area contributed by atoms with E-state index in [9.17, 15) is 0 Å². The van der Waals surface area contributed by atoms with E-state index < -0.39 is 0 Å². The molecule has 1 aliphatic heterocycles. The van der Waals surface area contributed by atoms with Crippen LogP contribution in [0.5, 0.6) is 5.75 Å². The lowest BCUT2D eigenvalue weighted by molar-refractivity contribution is 0.0202. The van der Waals surface area contributed by atoms with Crippen LogP contribution in [0.15, 0.2) is 18.2 Å². The predicted octanol–water partition coefficient (Wildman–Crippen LogP) is 2.69. The molecule has 1 aromatic rings. The second kappa shape index (κ2) is 7.73. The number of rotatable bonds is 4. The van der Waals surface area contributed by atoms with E-state index >= 15 is 0 Å². The van der Waals surface area contributed by atoms with Gasteiger partial charge in [-0.15, -0.1) is 12.4 Å². The Labute approximate surface area is 122 Å². The molecule has 0 spiro atoms. The van der Waals surface area contributed by atoms with Crippen molar-refractivity contribution in [1.82, 2.24) is 4.90 Å². The van der Waals surface area contributed by atoms with E-state index in [-0.39, 0.29) is 12.4 Å². The number of nitrogens with zero attached hydrogens (tertiary/aromatic N) is 1. The molecule has 1 fully saturated rings. The molecule has 108 valence electrons. The molecule has 0 aliphatic carbocycles. The Bertz CT molecular complexity index is 392. The van der Waals surface area contributed by atoms with Crippen LogP contribution < -0.4 is 4.74 Å². The second-order valence-electron chi connectivity index (χ2n) is 5.02. The lowest BCUT2D eigenvalue weighted by Crippen LogP contribution is -2.43. The van der Waals surface area contributed by atoms with Gasteiger partial charge in [0.1, 0.15) is 5.75 Å². The van der Waals surface area contributed by atoms with Gasteiger partial charge in [-0.3, -0.25) is 4.90 Å². The third kappa shape index (κ3) is 4.37. The highest BCUT2D eigenvalue weighted by atomic mass is 35.5. The molecule has 1 unspecified atom stereocenters. The minimum absolute atomic E-state index is 0. The van der Waals surface area contributed by atoms with Gasteiger partial charge in [0.15, 0.2) is 0 Å². The average molecular weight is 286 g/mol. The topological polar surface area (TPSA) is 21.7 Å². The number of benzene rings is 1. The summed E-state index contributed by atoms with van der Waals surface area (Å²) in [7, 11) is 1.74. The highest BCUT2D eigenvalue weighted by Crippen LogP contribution is 2.22. The molecule has 1 heterocycles. The van der Waals surface area contributed by atoms with Crippen molar-refractivity contribution in [2.45, 2.75) is 26.3 Å². The summed E-state index contributed by atoms with van der Waals surface area (Å²) in [6, 6.07) is 6.93. The Hall–Kier alpha value is -0.770. The molecule has 1 saturated heterocycles. The maximum absolute atomic E-state index is 5.45. The van der Waals surface area contributed by atoms with Gasteiger partial charge in [0.05, 0.1) is 20.3 Å². The SMILES string of the molecule is COc1ccc(C)cc1CC(C)N1CCOCC1.Cl. The minimum atomic E-state index is 0. The molecule has 1 aliphatic rings. The van der Waals surface area contributed by atoms with Crippen LogP contribution in [0, 0.1) is 6.92 Å². The van der Waals surface area contributed by atoms with Crippen molar-refractivity contribution in [3.05, 3.63) is 29.3 Å². The highest BCUT2D eigenvalue weighted by Gasteiger charge is 2.18. The van der Waals surface area contributed by atoms with Crippen LogP contribution in [0.3, 0.4) is 0 Å². The lowest BCUT2D eigenvalue weighted by Gasteiger charge is -2.32. The van der Waals surface area contributed by atoms with E-state index in [2.05, 4.69) is 36.9 Å². The van der Waals surface area contributed by atoms with Gasteiger partial charge >= 0.3 is 0 Å². The normalized spacial score (nSPS) is 17.6. The molecule has 1 aromatic carbocycles. The summed E-state index contributed by atoms with van der Waals surface area (Å²) >= 11 is 0. The van der Waals surface area contributed by atoms with E-state index in [0.29, 0.717) is 6.04 Å². The Morgan fingerprint density at radius 3 is 2.63 bits per heavy atom. The molecule has 19 heavy (non-hydrogen) atoms. The van der Waals surface area contributed by atoms with E-state index in [0.717, 1.165) is 38.5 Å². The average Bonchev–Trinajstić information content (AvgIpc) is 2.40. The van der Waals surface area contributed by atoms with E-state index in [1.54, 1.807) is 7.11 Å². The molecule has 0 aromatic heterocycles. The van der Waals surface area contributed by atoms with Crippen molar-refractivity contribution in [3.63, 3.8) is 0 Å². The summed E-state index contributed by atoms with van der Waals surface area (Å²) in [5.41, 5.74) is 2.59. The number of morpholine rings is 1. The van der Waals surface area contributed by atoms with Crippen molar-refractivity contribution in [3.8, 4) is 5.75 Å². The summed E-state index contributed by atoms with van der Waals surface area (Å²) in [5, 5.41) is 0. The number of methoxy groups -OCH3 is 1. The highest BCUT2D eigenvalue weighted by molar-refractivity contribution is 5.85. The second-order valence-corrected chi connectivity index (χ2v) is 5.02. The zero-order valence-corrected chi connectivity index (χ0v) is 12.8. The fraction of sp³-hybridized carbons (Fsp3) is 0.600. The van der Waals surface area contributed by atoms with Gasteiger partial charge in [-0.05, 0) is 31.9 Å². The number of halogens is 1. The molecular weight excluding hydrogens is 262 g/mol. The zero-order chi connectivity index (χ0) is 13.0. The van der Waals surface area contributed by atoms with Gasteiger partial charge in [-0.2, -0.15) is 0 Å². The Morgan fingerprint density at radius 1 is 1.32 bits per heavy atom. The zero-order valence-electron chi connectivity index (χ0n) is 12.0. The van der Waals surface area contributed by atoms with Crippen molar-refractivity contribution in [2.24, 2.45) is 0 Å². The largest absolute Gasteiger partial charge is 0.496 e. The first-order chi connectivity index (χ1) is 8.70. The van der Waals surface area contributed by atoms with E-state index in [4.69, 9.17) is 9.47 Å². The van der Waals surface area contributed by atoms with Crippen LogP contribution in [0.1, 0.15) is 18.1 Å². The molecule has 0 radical (unpaired) electrons. The maximum atomic E-state index is 5.45. The van der Waals surface area contributed by atoms with Crippen LogP contribution in [0.25, 0.3) is 0 Å². The van der Waals surface area contributed by atoms with E-state index in [1.807, 2.05) is 0 Å². The molecule has 3 nitrogen and oxygen atoms in total. The maximum Gasteiger partial charge on any atom is 0.122 e. The monoisotopic (exact) mass is 285 g/mol. The fourth-order valence-electron chi connectivity index (χ4n) is 2.53. The molecule has 2 rings (SSSR count). The summed E-state index contributed by atoms with van der Waals surface area (Å²) in [4.78, 5) is 2.49. The van der Waals surface area contributed by atoms with Gasteiger partial charge in [-0.1, -0.05) is 17.7 Å². The van der Waals surface area contributed by atoms with Crippen molar-refractivity contribution < 1.29 is 9.47 Å². The van der Waals surface area contributed by atoms with Crippen LogP contribution in [0.4, 0.5) is 0 Å². The van der Waals surface area contributed by atoms with E-state index in [1.165, 1.54) is 11.1 Å². The van der Waals surface area contributed by atoms with Crippen LogP contribution in [-0.2, 0) is 11.2 Å². The number of aryl methyl sites for hydroxylation is 1. The van der Waals surface area contributed by atoms with Crippen LogP contribution in [0.2, 0.25) is 0 Å². The van der Waals surface area contributed by atoms with Gasteiger partial charge in [0.25, 0.3) is 0 Å². The third-order valence-corrected chi connectivity index (χ3v) is 3.62. The molecule has 1 atom stereocenters. The Morgan fingerprint density at radius 2 is 2.00 bits per heavy atom. The summed E-state index contributed by atoms with van der Waals surface area (Å²) in [5.74, 6) is 1.00. The van der Waals surface area contributed by atoms with Crippen LogP contribution in [-0.4, -0.2) is 44.4 Å². The first kappa shape index (κ1) is 16.3. The van der Waals surface area contributed by atoms with Gasteiger partial charge in [-0.25, -0.2) is 0 Å². The number of hydrogen-bond acceptors (Lipinski definition) is 3. The van der Waals surface area contributed by atoms with Crippen molar-refractivity contribution in [1.29, 1.82) is 0 Å². The molecule has 0 amide bonds. The molecule has 0 N–H and O–H groups in total. The first-order valence-electron chi connectivity index (χ1n) is 6.66. The Balaban J connectivity index is 0.00000180.